The minimum absolute atomic E-state index is 0.0323. The highest BCUT2D eigenvalue weighted by molar-refractivity contribution is 9.10. The summed E-state index contributed by atoms with van der Waals surface area (Å²) in [6.45, 7) is 0. The van der Waals surface area contributed by atoms with Crippen molar-refractivity contribution in [3.63, 3.8) is 0 Å². The predicted molar refractivity (Wildman–Crippen MR) is 64.2 cm³/mol. The first kappa shape index (κ1) is 10.9. The molecule has 1 aliphatic rings. The highest BCUT2D eigenvalue weighted by Crippen LogP contribution is 2.28. The van der Waals surface area contributed by atoms with E-state index in [-0.39, 0.29) is 20.8 Å². The zero-order valence-corrected chi connectivity index (χ0v) is 10.3. The summed E-state index contributed by atoms with van der Waals surface area (Å²) in [6, 6.07) is 0.781. The number of H-pyrrole nitrogens is 1. The second kappa shape index (κ2) is 3.63. The van der Waals surface area contributed by atoms with Crippen LogP contribution in [0.15, 0.2) is 15.3 Å². The molecule has 1 N–H and O–H groups in total. The number of hydrogen-bond acceptors (Lipinski definition) is 1. The molecule has 0 fully saturated rings. The number of hydrogen-bond donors (Lipinski definition) is 1. The topological polar surface area (TPSA) is 32.9 Å². The summed E-state index contributed by atoms with van der Waals surface area (Å²) < 4.78 is 27.1. The van der Waals surface area contributed by atoms with Crippen molar-refractivity contribution in [1.29, 1.82) is 0 Å². The maximum atomic E-state index is 13.6. The molecule has 0 spiro atoms. The van der Waals surface area contributed by atoms with Crippen LogP contribution in [0.4, 0.5) is 8.78 Å². The lowest BCUT2D eigenvalue weighted by atomic mass is 10.1. The van der Waals surface area contributed by atoms with E-state index in [0.717, 1.165) is 24.6 Å². The molecule has 0 amide bonds. The first-order valence-electron chi connectivity index (χ1n) is 5.31. The summed E-state index contributed by atoms with van der Waals surface area (Å²) in [6.07, 6.45) is 2.29. The Balaban J connectivity index is 2.56. The Hall–Kier alpha value is -1.23. The molecule has 0 radical (unpaired) electrons. The Labute approximate surface area is 104 Å². The molecule has 3 rings (SSSR count). The summed E-state index contributed by atoms with van der Waals surface area (Å²) >= 11 is 3.01. The van der Waals surface area contributed by atoms with Crippen molar-refractivity contribution >= 4 is 26.8 Å². The molecule has 1 aromatic carbocycles. The SMILES string of the molecule is O=c1c2c([nH]c3c(F)cc(F)c(Br)c13)CCC2. The van der Waals surface area contributed by atoms with Gasteiger partial charge in [0.2, 0.25) is 0 Å². The molecule has 2 nitrogen and oxygen atoms in total. The quantitative estimate of drug-likeness (QED) is 0.745. The maximum Gasteiger partial charge on any atom is 0.194 e. The molecule has 1 aliphatic carbocycles. The number of nitrogens with one attached hydrogen (secondary N) is 1. The number of aryl methyl sites for hydroxylation is 1. The van der Waals surface area contributed by atoms with Crippen LogP contribution in [0.3, 0.4) is 0 Å². The minimum Gasteiger partial charge on any atom is -0.356 e. The van der Waals surface area contributed by atoms with E-state index in [0.29, 0.717) is 12.0 Å². The third kappa shape index (κ3) is 1.45. The molecule has 1 heterocycles. The van der Waals surface area contributed by atoms with Gasteiger partial charge >= 0.3 is 0 Å². The maximum absolute atomic E-state index is 13.6. The molecular formula is C12H8BrF2NO. The van der Waals surface area contributed by atoms with Gasteiger partial charge < -0.3 is 4.98 Å². The van der Waals surface area contributed by atoms with Crippen molar-refractivity contribution < 1.29 is 8.78 Å². The van der Waals surface area contributed by atoms with Gasteiger partial charge in [-0.2, -0.15) is 0 Å². The highest BCUT2D eigenvalue weighted by atomic mass is 79.9. The monoisotopic (exact) mass is 299 g/mol. The number of benzene rings is 1. The average Bonchev–Trinajstić information content (AvgIpc) is 2.74. The smallest absolute Gasteiger partial charge is 0.194 e. The number of fused-ring (bicyclic) bond motifs is 2. The van der Waals surface area contributed by atoms with E-state index < -0.39 is 11.6 Å². The van der Waals surface area contributed by atoms with Gasteiger partial charge in [-0.3, -0.25) is 4.79 Å². The van der Waals surface area contributed by atoms with Crippen LogP contribution in [-0.2, 0) is 12.8 Å². The zero-order valence-electron chi connectivity index (χ0n) is 8.74. The van der Waals surface area contributed by atoms with Crippen molar-refractivity contribution in [1.82, 2.24) is 4.98 Å². The van der Waals surface area contributed by atoms with E-state index in [2.05, 4.69) is 20.9 Å². The molecule has 88 valence electrons. The van der Waals surface area contributed by atoms with Crippen LogP contribution in [0.2, 0.25) is 0 Å². The van der Waals surface area contributed by atoms with Gasteiger partial charge in [0.15, 0.2) is 5.43 Å². The number of rotatable bonds is 0. The van der Waals surface area contributed by atoms with Crippen LogP contribution in [0.25, 0.3) is 10.9 Å². The summed E-state index contributed by atoms with van der Waals surface area (Å²) in [5, 5.41) is 0.0724. The Morgan fingerprint density at radius 3 is 2.76 bits per heavy atom. The Kier molecular flexibility index (Phi) is 2.33. The molecule has 0 bridgehead atoms. The summed E-state index contributed by atoms with van der Waals surface area (Å²) in [5.74, 6) is -1.48. The lowest BCUT2D eigenvalue weighted by Gasteiger charge is -2.07. The van der Waals surface area contributed by atoms with Gasteiger partial charge in [0.25, 0.3) is 0 Å². The Morgan fingerprint density at radius 1 is 1.24 bits per heavy atom. The summed E-state index contributed by atoms with van der Waals surface area (Å²) in [5.41, 5.74) is 1.25. The fraction of sp³-hybridized carbons (Fsp3) is 0.250. The van der Waals surface area contributed by atoms with Gasteiger partial charge in [0.1, 0.15) is 11.6 Å². The largest absolute Gasteiger partial charge is 0.356 e. The van der Waals surface area contributed by atoms with Gasteiger partial charge in [-0.15, -0.1) is 0 Å². The van der Waals surface area contributed by atoms with Crippen LogP contribution in [0.5, 0.6) is 0 Å². The summed E-state index contributed by atoms with van der Waals surface area (Å²) in [7, 11) is 0. The molecule has 0 atom stereocenters. The molecule has 0 aliphatic heterocycles. The Bertz CT molecular complexity index is 693. The van der Waals surface area contributed by atoms with Gasteiger partial charge in [0, 0.05) is 17.3 Å². The third-order valence-electron chi connectivity index (χ3n) is 3.17. The molecule has 5 heteroatoms. The van der Waals surface area contributed by atoms with E-state index in [1.54, 1.807) is 0 Å². The third-order valence-corrected chi connectivity index (χ3v) is 3.94. The summed E-state index contributed by atoms with van der Waals surface area (Å²) in [4.78, 5) is 15.1. The molecule has 17 heavy (non-hydrogen) atoms. The van der Waals surface area contributed by atoms with E-state index in [9.17, 15) is 13.6 Å². The fourth-order valence-corrected chi connectivity index (χ4v) is 2.86. The predicted octanol–water partition coefficient (Wildman–Crippen LogP) is 3.06. The normalized spacial score (nSPS) is 14.3. The molecule has 0 saturated heterocycles. The van der Waals surface area contributed by atoms with E-state index in [1.807, 2.05) is 0 Å². The second-order valence-corrected chi connectivity index (χ2v) is 4.96. The van der Waals surface area contributed by atoms with Crippen molar-refractivity contribution in [3.05, 3.63) is 43.7 Å². The number of pyridine rings is 1. The minimum atomic E-state index is -0.751. The van der Waals surface area contributed by atoms with Gasteiger partial charge in [0.05, 0.1) is 15.4 Å². The standard InChI is InChI=1S/C12H8BrF2NO/c13-10-6(14)4-7(15)11-9(10)12(17)5-2-1-3-8(5)16-11/h4H,1-3H2,(H,16,17). The van der Waals surface area contributed by atoms with Crippen LogP contribution in [0, 0.1) is 11.6 Å². The van der Waals surface area contributed by atoms with Gasteiger partial charge in [-0.05, 0) is 35.2 Å². The highest BCUT2D eigenvalue weighted by Gasteiger charge is 2.21. The molecule has 0 saturated carbocycles. The second-order valence-electron chi connectivity index (χ2n) is 4.17. The first-order valence-corrected chi connectivity index (χ1v) is 6.10. The van der Waals surface area contributed by atoms with Crippen molar-refractivity contribution in [2.75, 3.05) is 0 Å². The van der Waals surface area contributed by atoms with E-state index in [4.69, 9.17) is 0 Å². The van der Waals surface area contributed by atoms with Crippen LogP contribution in [-0.4, -0.2) is 4.98 Å². The zero-order chi connectivity index (χ0) is 12.2. The van der Waals surface area contributed by atoms with Crippen LogP contribution < -0.4 is 5.43 Å². The van der Waals surface area contributed by atoms with E-state index >= 15 is 0 Å². The fourth-order valence-electron chi connectivity index (χ4n) is 2.36. The Morgan fingerprint density at radius 2 is 2.00 bits per heavy atom. The lowest BCUT2D eigenvalue weighted by molar-refractivity contribution is 0.586. The van der Waals surface area contributed by atoms with Crippen molar-refractivity contribution in [2.45, 2.75) is 19.3 Å². The first-order chi connectivity index (χ1) is 8.09. The molecular weight excluding hydrogens is 292 g/mol. The van der Waals surface area contributed by atoms with Crippen LogP contribution in [0.1, 0.15) is 17.7 Å². The van der Waals surface area contributed by atoms with Gasteiger partial charge in [-0.25, -0.2) is 8.78 Å². The number of halogens is 3. The lowest BCUT2D eigenvalue weighted by Crippen LogP contribution is -2.12. The van der Waals surface area contributed by atoms with Gasteiger partial charge in [-0.1, -0.05) is 0 Å². The van der Waals surface area contributed by atoms with Crippen molar-refractivity contribution in [2.24, 2.45) is 0 Å². The molecule has 0 unspecified atom stereocenters. The molecule has 2 aromatic rings. The molecule has 1 aromatic heterocycles. The number of aromatic nitrogens is 1. The van der Waals surface area contributed by atoms with Crippen LogP contribution >= 0.6 is 15.9 Å². The average molecular weight is 300 g/mol. The number of aromatic amines is 1. The van der Waals surface area contributed by atoms with Crippen molar-refractivity contribution in [3.8, 4) is 0 Å². The van der Waals surface area contributed by atoms with E-state index in [1.165, 1.54) is 0 Å².